The van der Waals surface area contributed by atoms with E-state index in [0.717, 1.165) is 0 Å². The normalized spacial score (nSPS) is 10.1. The van der Waals surface area contributed by atoms with E-state index in [-0.39, 0.29) is 58.3 Å². The number of hydrogen-bond acceptors (Lipinski definition) is 10. The van der Waals surface area contributed by atoms with Gasteiger partial charge in [0.1, 0.15) is 0 Å². The fourth-order valence-electron chi connectivity index (χ4n) is 2.63. The van der Waals surface area contributed by atoms with Crippen molar-refractivity contribution >= 4 is 56.2 Å². The zero-order valence-electron chi connectivity index (χ0n) is 31.2. The van der Waals surface area contributed by atoms with Crippen molar-refractivity contribution in [2.24, 2.45) is 0 Å². The molecule has 0 N–H and O–H groups in total. The van der Waals surface area contributed by atoms with Gasteiger partial charge in [-0.15, -0.1) is 0 Å². The quantitative estimate of drug-likeness (QED) is 0.358. The molecule has 2 radical (unpaired) electrons. The second-order valence-electron chi connectivity index (χ2n) is 15.5. The fraction of sp³-hybridized carbons (Fsp3) is 0.562. The van der Waals surface area contributed by atoms with Crippen LogP contribution in [0.2, 0.25) is 103 Å². The maximum Gasteiger partial charge on any atom is 2.00 e. The van der Waals surface area contributed by atoms with E-state index in [1.807, 2.05) is 129 Å². The molecule has 0 bridgehead atoms. The fourth-order valence-corrected chi connectivity index (χ4v) is 6.09. The monoisotopic (exact) mass is 836 g/mol. The molecule has 10 nitrogen and oxygen atoms in total. The van der Waals surface area contributed by atoms with Crippen molar-refractivity contribution in [1.82, 2.24) is 9.97 Å². The predicted molar refractivity (Wildman–Crippen MR) is 191 cm³/mol. The summed E-state index contributed by atoms with van der Waals surface area (Å²) in [4.78, 5) is 47.5. The summed E-state index contributed by atoms with van der Waals surface area (Å²) in [5, 5.41) is 39.8. The van der Waals surface area contributed by atoms with Crippen LogP contribution in [0, 0.1) is 13.8 Å². The van der Waals surface area contributed by atoms with Gasteiger partial charge in [-0.2, -0.15) is 0 Å². The largest absolute Gasteiger partial charge is 2.00 e. The molecule has 0 atom stereocenters. The molecule has 2 rings (SSSR count). The van der Waals surface area contributed by atoms with E-state index in [0.29, 0.717) is 0 Å². The zero-order chi connectivity index (χ0) is 37.4. The first-order valence-corrected chi connectivity index (χ1v) is 29.8. The first-order chi connectivity index (χ1) is 20.5. The molecule has 282 valence electrons. The molecule has 0 aliphatic heterocycles. The van der Waals surface area contributed by atoms with Gasteiger partial charge in [0, 0.05) is 48.7 Å². The number of rotatable bonds is 8. The third-order valence-corrected chi connectivity index (χ3v) is 9.71. The number of aryl methyl sites for hydroxylation is 2. The molecule has 0 spiro atoms. The molecule has 0 unspecified atom stereocenters. The van der Waals surface area contributed by atoms with Gasteiger partial charge in [0.05, 0.1) is 32.3 Å². The molecule has 0 saturated carbocycles. The number of pyridine rings is 2. The van der Waals surface area contributed by atoms with Gasteiger partial charge in [0.25, 0.3) is 0 Å². The third-order valence-electron chi connectivity index (χ3n) is 4.32. The minimum absolute atomic E-state index is 0. The van der Waals surface area contributed by atoms with Crippen LogP contribution in [0.4, 0.5) is 0 Å². The minimum atomic E-state index is -1.38. The number of aliphatic carboxylic acids is 4. The van der Waals surface area contributed by atoms with Crippen molar-refractivity contribution < 1.29 is 73.7 Å². The van der Waals surface area contributed by atoms with Gasteiger partial charge in [-0.25, -0.2) is 0 Å². The molecule has 0 amide bonds. The van der Waals surface area contributed by atoms with Gasteiger partial charge in [-0.05, 0) is 61.3 Å². The van der Waals surface area contributed by atoms with Crippen LogP contribution in [0.5, 0.6) is 0 Å². The van der Waals surface area contributed by atoms with Crippen molar-refractivity contribution in [2.45, 2.75) is 117 Å². The molecule has 0 aliphatic rings. The molecular formula is C32H58Cu2N2O8Si4. The second kappa shape index (κ2) is 30.0. The van der Waals surface area contributed by atoms with Crippen LogP contribution in [-0.4, -0.2) is 66.1 Å². The Kier molecular flexibility index (Phi) is 36.4. The van der Waals surface area contributed by atoms with E-state index in [9.17, 15) is 39.6 Å². The van der Waals surface area contributed by atoms with Crippen LogP contribution in [-0.2, 0) is 53.3 Å². The molecule has 2 aromatic heterocycles. The zero-order valence-corrected chi connectivity index (χ0v) is 37.1. The second-order valence-corrected chi connectivity index (χ2v) is 37.4. The first-order valence-electron chi connectivity index (χ1n) is 15.0. The maximum atomic E-state index is 9.94. The predicted octanol–water partition coefficient (Wildman–Crippen LogP) is 3.07. The Morgan fingerprint density at radius 3 is 0.708 bits per heavy atom. The summed E-state index contributed by atoms with van der Waals surface area (Å²) < 4.78 is 0. The Bertz CT molecular complexity index is 980. The van der Waals surface area contributed by atoms with E-state index < -0.39 is 56.2 Å². The topological polar surface area (TPSA) is 186 Å². The number of carboxylic acid groups (broad SMARTS) is 4. The van der Waals surface area contributed by atoms with E-state index in [1.165, 1.54) is 11.1 Å². The summed E-state index contributed by atoms with van der Waals surface area (Å²) in [7, 11) is -5.53. The number of carboxylic acids is 4. The summed E-state index contributed by atoms with van der Waals surface area (Å²) in [6.45, 7) is 28.1. The average molecular weight is 838 g/mol. The van der Waals surface area contributed by atoms with Crippen molar-refractivity contribution in [3.05, 3.63) is 60.2 Å². The van der Waals surface area contributed by atoms with Gasteiger partial charge < -0.3 is 39.6 Å². The van der Waals surface area contributed by atoms with Crippen molar-refractivity contribution in [3.63, 3.8) is 0 Å². The minimum Gasteiger partial charge on any atom is -0.550 e. The van der Waals surface area contributed by atoms with E-state index in [4.69, 9.17) is 0 Å². The molecule has 0 fully saturated rings. The molecule has 0 aromatic carbocycles. The van der Waals surface area contributed by atoms with Gasteiger partial charge in [-0.3, -0.25) is 9.97 Å². The maximum absolute atomic E-state index is 9.94. The number of carbonyl (C=O) groups is 4. The van der Waals surface area contributed by atoms with Crippen LogP contribution in [0.1, 0.15) is 11.1 Å². The van der Waals surface area contributed by atoms with Crippen molar-refractivity contribution in [2.75, 3.05) is 0 Å². The van der Waals surface area contributed by atoms with E-state index >= 15 is 0 Å². The molecule has 48 heavy (non-hydrogen) atoms. The third kappa shape index (κ3) is 70.4. The van der Waals surface area contributed by atoms with Crippen LogP contribution in [0.25, 0.3) is 0 Å². The number of nitrogens with zero attached hydrogens (tertiary/aromatic N) is 2. The Morgan fingerprint density at radius 1 is 0.479 bits per heavy atom. The molecular weight excluding hydrogens is 780 g/mol. The van der Waals surface area contributed by atoms with Crippen LogP contribution < -0.4 is 20.4 Å². The average Bonchev–Trinajstić information content (AvgIpc) is 2.75. The van der Waals surface area contributed by atoms with E-state index in [1.54, 1.807) is 12.4 Å². The molecule has 0 saturated heterocycles. The van der Waals surface area contributed by atoms with Crippen LogP contribution >= 0.6 is 0 Å². The summed E-state index contributed by atoms with van der Waals surface area (Å²) in [6.07, 6.45) is 7.21. The SMILES string of the molecule is C[Si](C)(C)CC(=O)[O-].C[Si](C)(C)CC(=O)[O-].C[Si](C)(C)CC(=O)[O-].C[Si](C)(C)CC(=O)[O-].Cc1cccnc1.Cc1cccnc1.[Cu+2].[Cu+2]. The summed E-state index contributed by atoms with van der Waals surface area (Å²) >= 11 is 0. The molecule has 16 heteroatoms. The van der Waals surface area contributed by atoms with Crippen molar-refractivity contribution in [1.29, 1.82) is 0 Å². The first kappa shape index (κ1) is 58.3. The van der Waals surface area contributed by atoms with E-state index in [2.05, 4.69) is 9.97 Å². The Labute approximate surface area is 315 Å². The smallest absolute Gasteiger partial charge is 0.550 e. The van der Waals surface area contributed by atoms with Gasteiger partial charge in [0.2, 0.25) is 0 Å². The van der Waals surface area contributed by atoms with Gasteiger partial charge in [-0.1, -0.05) is 90.7 Å². The van der Waals surface area contributed by atoms with Crippen LogP contribution in [0.3, 0.4) is 0 Å². The molecule has 0 aliphatic carbocycles. The number of carbonyl (C=O) groups excluding carboxylic acids is 4. The summed E-state index contributed by atoms with van der Waals surface area (Å²) in [5.74, 6) is -3.65. The Hall–Kier alpha value is -1.91. The molecule has 2 heterocycles. The van der Waals surface area contributed by atoms with Crippen LogP contribution in [0.15, 0.2) is 49.1 Å². The standard InChI is InChI=1S/2C6H7N.4C5H12O2Si.2Cu/c2*1-6-3-2-4-7-5-6;4*1-8(2,3)4-5(6)7;;/h2*2-5H,1H3;4*4H2,1-3H3,(H,6,7);;/q;;;;;;2*+2/p-4. The van der Waals surface area contributed by atoms with Gasteiger partial charge in [0.15, 0.2) is 0 Å². The number of aromatic nitrogens is 2. The Balaban J connectivity index is -0.000000109. The Morgan fingerprint density at radius 2 is 0.667 bits per heavy atom. The molecule has 2 aromatic rings. The number of hydrogen-bond donors (Lipinski definition) is 0. The van der Waals surface area contributed by atoms with Gasteiger partial charge >= 0.3 is 34.1 Å². The summed E-state index contributed by atoms with van der Waals surface area (Å²) in [5.41, 5.74) is 2.42. The van der Waals surface area contributed by atoms with Crippen molar-refractivity contribution in [3.8, 4) is 0 Å². The summed E-state index contributed by atoms with van der Waals surface area (Å²) in [6, 6.07) is 8.98.